The van der Waals surface area contributed by atoms with Crippen molar-refractivity contribution in [3.8, 4) is 0 Å². The van der Waals surface area contributed by atoms with Gasteiger partial charge in [-0.05, 0) is 45.0 Å². The van der Waals surface area contributed by atoms with Gasteiger partial charge in [-0.25, -0.2) is 4.98 Å². The summed E-state index contributed by atoms with van der Waals surface area (Å²) in [5, 5.41) is 3.23. The van der Waals surface area contributed by atoms with Crippen LogP contribution in [-0.4, -0.2) is 71.1 Å². The van der Waals surface area contributed by atoms with Crippen molar-refractivity contribution < 1.29 is 14.4 Å². The lowest BCUT2D eigenvalue weighted by atomic mass is 9.75. The third-order valence-corrected chi connectivity index (χ3v) is 7.79. The Morgan fingerprint density at radius 1 is 1.27 bits per heavy atom. The highest BCUT2D eigenvalue weighted by molar-refractivity contribution is 7.09. The van der Waals surface area contributed by atoms with Crippen molar-refractivity contribution in [1.82, 2.24) is 19.7 Å². The number of carbonyl (C=O) groups excluding carboxylic acids is 3. The maximum atomic E-state index is 13.8. The number of likely N-dealkylation sites (N-methyl/N-ethyl adjacent to an activating group) is 1. The molecule has 1 aromatic carbocycles. The summed E-state index contributed by atoms with van der Waals surface area (Å²) in [6.45, 7) is 1.47. The molecule has 2 saturated heterocycles. The van der Waals surface area contributed by atoms with Crippen LogP contribution < -0.4 is 0 Å². The van der Waals surface area contributed by atoms with Crippen molar-refractivity contribution in [2.75, 3.05) is 33.7 Å². The maximum Gasteiger partial charge on any atom is 0.240 e. The van der Waals surface area contributed by atoms with Crippen LogP contribution in [0.2, 0.25) is 5.02 Å². The molecule has 4 rings (SSSR count). The van der Waals surface area contributed by atoms with E-state index in [2.05, 4.69) is 4.98 Å². The number of nitrogens with zero attached hydrogens (tertiary/aromatic N) is 4. The number of thiazole rings is 1. The molecule has 2 aliphatic rings. The normalized spacial score (nSPS) is 23.6. The van der Waals surface area contributed by atoms with Gasteiger partial charge in [0.15, 0.2) is 0 Å². The standard InChI is InChI=1S/C24H29ClN4O3S/c1-27(2)12-13-29-21(31)16-24(23(29)32,17-7-3-4-8-18(17)25)15-20(30)28-11-6-5-9-19(28)22-26-10-14-33-22/h3-4,7-8,10,14,19H,5-6,9,11-13,15-16H2,1-2H3/t19-,24+/m0/s1. The van der Waals surface area contributed by atoms with Gasteiger partial charge in [0.1, 0.15) is 5.01 Å². The van der Waals surface area contributed by atoms with Gasteiger partial charge < -0.3 is 9.80 Å². The highest BCUT2D eigenvalue weighted by atomic mass is 35.5. The average Bonchev–Trinajstić information content (AvgIpc) is 3.40. The fourth-order valence-electron chi connectivity index (χ4n) is 4.87. The second-order valence-corrected chi connectivity index (χ2v) is 10.4. The van der Waals surface area contributed by atoms with E-state index in [1.54, 1.807) is 41.8 Å². The third-order valence-electron chi connectivity index (χ3n) is 6.58. The number of amides is 3. The molecular weight excluding hydrogens is 460 g/mol. The lowest BCUT2D eigenvalue weighted by molar-refractivity contribution is -0.144. The van der Waals surface area contributed by atoms with Gasteiger partial charge in [0.2, 0.25) is 17.7 Å². The first-order valence-corrected chi connectivity index (χ1v) is 12.5. The first kappa shape index (κ1) is 23.9. The summed E-state index contributed by atoms with van der Waals surface area (Å²) in [5.74, 6) is -0.728. The van der Waals surface area contributed by atoms with Crippen molar-refractivity contribution in [3.63, 3.8) is 0 Å². The molecule has 0 spiro atoms. The van der Waals surface area contributed by atoms with E-state index in [-0.39, 0.29) is 43.1 Å². The molecule has 0 bridgehead atoms. The Labute approximate surface area is 203 Å². The van der Waals surface area contributed by atoms with Gasteiger partial charge in [0, 0.05) is 49.1 Å². The lowest BCUT2D eigenvalue weighted by Gasteiger charge is -2.37. The summed E-state index contributed by atoms with van der Waals surface area (Å²) < 4.78 is 0. The van der Waals surface area contributed by atoms with Gasteiger partial charge in [0.05, 0.1) is 11.5 Å². The fourth-order valence-corrected chi connectivity index (χ4v) is 5.97. The van der Waals surface area contributed by atoms with Gasteiger partial charge in [-0.2, -0.15) is 0 Å². The van der Waals surface area contributed by atoms with E-state index in [1.165, 1.54) is 4.90 Å². The molecule has 0 N–H and O–H groups in total. The van der Waals surface area contributed by atoms with E-state index in [0.717, 1.165) is 24.3 Å². The molecule has 0 saturated carbocycles. The number of rotatable bonds is 7. The minimum atomic E-state index is -1.29. The Hall–Kier alpha value is -2.29. The number of carbonyl (C=O) groups is 3. The van der Waals surface area contributed by atoms with Gasteiger partial charge in [0.25, 0.3) is 0 Å². The summed E-state index contributed by atoms with van der Waals surface area (Å²) in [4.78, 5) is 50.1. The zero-order valence-corrected chi connectivity index (χ0v) is 20.6. The van der Waals surface area contributed by atoms with Crippen LogP contribution in [0.4, 0.5) is 0 Å². The second kappa shape index (κ2) is 9.91. The van der Waals surface area contributed by atoms with Crippen LogP contribution in [0.25, 0.3) is 0 Å². The molecule has 176 valence electrons. The molecule has 0 aliphatic carbocycles. The van der Waals surface area contributed by atoms with Gasteiger partial charge in [-0.3, -0.25) is 19.3 Å². The lowest BCUT2D eigenvalue weighted by Crippen LogP contribution is -2.46. The number of imide groups is 1. The summed E-state index contributed by atoms with van der Waals surface area (Å²) in [6.07, 6.45) is 4.41. The molecule has 3 amide bonds. The second-order valence-electron chi connectivity index (χ2n) is 9.04. The quantitative estimate of drug-likeness (QED) is 0.558. The molecule has 3 heterocycles. The van der Waals surface area contributed by atoms with Crippen molar-refractivity contribution >= 4 is 40.7 Å². The SMILES string of the molecule is CN(C)CCN1C(=O)C[C@](CC(=O)N2CCCC[C@H]2c2nccs2)(c2ccccc2Cl)C1=O. The minimum absolute atomic E-state index is 0.0511. The molecule has 0 radical (unpaired) electrons. The van der Waals surface area contributed by atoms with Crippen LogP contribution in [0.1, 0.15) is 48.7 Å². The average molecular weight is 489 g/mol. The van der Waals surface area contributed by atoms with Crippen molar-refractivity contribution in [3.05, 3.63) is 51.4 Å². The minimum Gasteiger partial charge on any atom is -0.333 e. The number of piperidine rings is 1. The molecule has 2 atom stereocenters. The number of halogens is 1. The van der Waals surface area contributed by atoms with Gasteiger partial charge in [-0.15, -0.1) is 11.3 Å². The first-order valence-electron chi connectivity index (χ1n) is 11.3. The zero-order chi connectivity index (χ0) is 23.6. The number of benzene rings is 1. The van der Waals surface area contributed by atoms with E-state index in [9.17, 15) is 14.4 Å². The Morgan fingerprint density at radius 3 is 2.76 bits per heavy atom. The zero-order valence-electron chi connectivity index (χ0n) is 19.0. The third kappa shape index (κ3) is 4.69. The summed E-state index contributed by atoms with van der Waals surface area (Å²) >= 11 is 8.08. The fraction of sp³-hybridized carbons (Fsp3) is 0.500. The van der Waals surface area contributed by atoms with E-state index in [0.29, 0.717) is 23.7 Å². The van der Waals surface area contributed by atoms with Crippen LogP contribution in [0.15, 0.2) is 35.8 Å². The monoisotopic (exact) mass is 488 g/mol. The number of aromatic nitrogens is 1. The highest BCUT2D eigenvalue weighted by Gasteiger charge is 2.55. The summed E-state index contributed by atoms with van der Waals surface area (Å²) in [6, 6.07) is 6.97. The van der Waals surface area contributed by atoms with Crippen molar-refractivity contribution in [2.45, 2.75) is 43.6 Å². The topological polar surface area (TPSA) is 73.8 Å². The Balaban J connectivity index is 1.68. The summed E-state index contributed by atoms with van der Waals surface area (Å²) in [5.41, 5.74) is -0.738. The van der Waals surface area contributed by atoms with Gasteiger partial charge >= 0.3 is 0 Å². The van der Waals surface area contributed by atoms with Gasteiger partial charge in [-0.1, -0.05) is 29.8 Å². The van der Waals surface area contributed by atoms with Crippen molar-refractivity contribution in [2.24, 2.45) is 0 Å². The van der Waals surface area contributed by atoms with Crippen LogP contribution in [0, 0.1) is 0 Å². The largest absolute Gasteiger partial charge is 0.333 e. The summed E-state index contributed by atoms with van der Waals surface area (Å²) in [7, 11) is 3.79. The first-order chi connectivity index (χ1) is 15.8. The molecule has 33 heavy (non-hydrogen) atoms. The number of hydrogen-bond donors (Lipinski definition) is 0. The highest BCUT2D eigenvalue weighted by Crippen LogP contribution is 2.44. The Bertz CT molecular complexity index is 1030. The number of hydrogen-bond acceptors (Lipinski definition) is 6. The van der Waals surface area contributed by atoms with Crippen LogP contribution in [0.5, 0.6) is 0 Å². The molecule has 2 aliphatic heterocycles. The molecule has 0 unspecified atom stereocenters. The maximum absolute atomic E-state index is 13.8. The smallest absolute Gasteiger partial charge is 0.240 e. The van der Waals surface area contributed by atoms with E-state index in [4.69, 9.17) is 11.6 Å². The predicted octanol–water partition coefficient (Wildman–Crippen LogP) is 3.50. The Kier molecular flexibility index (Phi) is 7.16. The molecule has 2 fully saturated rings. The molecule has 9 heteroatoms. The Morgan fingerprint density at radius 2 is 2.06 bits per heavy atom. The van der Waals surface area contributed by atoms with Crippen molar-refractivity contribution in [1.29, 1.82) is 0 Å². The molecule has 1 aromatic heterocycles. The van der Waals surface area contributed by atoms with Crippen LogP contribution >= 0.6 is 22.9 Å². The molecule has 2 aromatic rings. The van der Waals surface area contributed by atoms with Crippen LogP contribution in [-0.2, 0) is 19.8 Å². The predicted molar refractivity (Wildman–Crippen MR) is 128 cm³/mol. The van der Waals surface area contributed by atoms with E-state index in [1.807, 2.05) is 29.3 Å². The van der Waals surface area contributed by atoms with E-state index >= 15 is 0 Å². The van der Waals surface area contributed by atoms with Crippen LogP contribution in [0.3, 0.4) is 0 Å². The molecule has 7 nitrogen and oxygen atoms in total. The molecular formula is C24H29ClN4O3S. The number of likely N-dealkylation sites (tertiary alicyclic amines) is 2. The van der Waals surface area contributed by atoms with E-state index < -0.39 is 5.41 Å².